The largest absolute Gasteiger partial charge is 0.385 e. The molecule has 0 atom stereocenters. The lowest BCUT2D eigenvalue weighted by molar-refractivity contribution is 0.686. The van der Waals surface area contributed by atoms with Crippen molar-refractivity contribution in [2.24, 2.45) is 5.73 Å². The summed E-state index contributed by atoms with van der Waals surface area (Å²) in [6, 6.07) is 0. The molecule has 0 heterocycles. The van der Waals surface area contributed by atoms with Gasteiger partial charge in [0.15, 0.2) is 0 Å². The first-order valence-electron chi connectivity index (χ1n) is 6.32. The molecule has 0 radical (unpaired) electrons. The van der Waals surface area contributed by atoms with Crippen LogP contribution in [0.4, 0.5) is 0 Å². The molecule has 0 aromatic heterocycles. The van der Waals surface area contributed by atoms with Gasteiger partial charge in [-0.05, 0) is 38.3 Å². The van der Waals surface area contributed by atoms with Gasteiger partial charge in [0, 0.05) is 12.2 Å². The van der Waals surface area contributed by atoms with Crippen LogP contribution in [-0.4, -0.2) is 13.1 Å². The van der Waals surface area contributed by atoms with Gasteiger partial charge in [-0.15, -0.1) is 0 Å². The summed E-state index contributed by atoms with van der Waals surface area (Å²) in [5, 5.41) is 3.44. The van der Waals surface area contributed by atoms with Crippen LogP contribution in [0.2, 0.25) is 0 Å². The zero-order valence-corrected chi connectivity index (χ0v) is 10.9. The number of hydrogen-bond acceptors (Lipinski definition) is 2. The quantitative estimate of drug-likeness (QED) is 0.701. The highest BCUT2D eigenvalue weighted by Gasteiger charge is 1.99. The van der Waals surface area contributed by atoms with Crippen molar-refractivity contribution >= 4 is 0 Å². The van der Waals surface area contributed by atoms with Crippen LogP contribution >= 0.6 is 0 Å². The molecule has 0 unspecified atom stereocenters. The lowest BCUT2D eigenvalue weighted by Gasteiger charge is -2.10. The van der Waals surface area contributed by atoms with Crippen LogP contribution in [0.15, 0.2) is 35.6 Å². The fourth-order valence-electron chi connectivity index (χ4n) is 1.43. The molecule has 92 valence electrons. The number of allylic oxidation sites excluding steroid dienone is 5. The minimum absolute atomic E-state index is 0.789. The van der Waals surface area contributed by atoms with Crippen molar-refractivity contribution in [3.05, 3.63) is 35.6 Å². The van der Waals surface area contributed by atoms with E-state index < -0.39 is 0 Å². The summed E-state index contributed by atoms with van der Waals surface area (Å²) in [6.45, 7) is 7.95. The molecule has 2 heteroatoms. The molecule has 0 amide bonds. The standard InChI is InChI=1S/C12H20N2.C2H6/c1-11-7-3-2-4-8-12(11)14-10-6-5-9-13;1-2/h2-3,7-8,14H,4-6,9-10,13H2,1H3;1-2H3. The van der Waals surface area contributed by atoms with Crippen LogP contribution in [-0.2, 0) is 0 Å². The SMILES string of the molecule is CC.CC1=CC=CCC=C1NCCCCN. The summed E-state index contributed by atoms with van der Waals surface area (Å²) in [5.74, 6) is 0. The molecule has 2 nitrogen and oxygen atoms in total. The van der Waals surface area contributed by atoms with Gasteiger partial charge in [0.05, 0.1) is 0 Å². The average molecular weight is 222 g/mol. The highest BCUT2D eigenvalue weighted by molar-refractivity contribution is 5.33. The summed E-state index contributed by atoms with van der Waals surface area (Å²) in [5.41, 5.74) is 8.02. The van der Waals surface area contributed by atoms with Crippen LogP contribution in [0, 0.1) is 0 Å². The fraction of sp³-hybridized carbons (Fsp3) is 0.571. The Labute approximate surface area is 100 Å². The van der Waals surface area contributed by atoms with Crippen molar-refractivity contribution in [3.8, 4) is 0 Å². The molecule has 0 bridgehead atoms. The van der Waals surface area contributed by atoms with Gasteiger partial charge in [0.25, 0.3) is 0 Å². The molecule has 0 spiro atoms. The highest BCUT2D eigenvalue weighted by atomic mass is 14.9. The smallest absolute Gasteiger partial charge is 0.0332 e. The van der Waals surface area contributed by atoms with Gasteiger partial charge in [0.1, 0.15) is 0 Å². The van der Waals surface area contributed by atoms with Gasteiger partial charge < -0.3 is 11.1 Å². The third-order valence-electron chi connectivity index (χ3n) is 2.31. The molecule has 0 aliphatic heterocycles. The molecule has 1 rings (SSSR count). The molecule has 0 aromatic rings. The molecule has 16 heavy (non-hydrogen) atoms. The first-order chi connectivity index (χ1) is 7.84. The lowest BCUT2D eigenvalue weighted by Crippen LogP contribution is -2.16. The van der Waals surface area contributed by atoms with Gasteiger partial charge in [-0.25, -0.2) is 0 Å². The average Bonchev–Trinajstić information content (AvgIpc) is 2.53. The molecule has 0 saturated heterocycles. The Morgan fingerprint density at radius 3 is 2.75 bits per heavy atom. The summed E-state index contributed by atoms with van der Waals surface area (Å²) < 4.78 is 0. The fourth-order valence-corrected chi connectivity index (χ4v) is 1.43. The van der Waals surface area contributed by atoms with Gasteiger partial charge >= 0.3 is 0 Å². The molecule has 0 fully saturated rings. The predicted molar refractivity (Wildman–Crippen MR) is 73.2 cm³/mol. The van der Waals surface area contributed by atoms with E-state index in [1.165, 1.54) is 11.3 Å². The van der Waals surface area contributed by atoms with Gasteiger partial charge in [0.2, 0.25) is 0 Å². The van der Waals surface area contributed by atoms with E-state index in [1.54, 1.807) is 0 Å². The third kappa shape index (κ3) is 6.46. The van der Waals surface area contributed by atoms with Gasteiger partial charge in [-0.3, -0.25) is 0 Å². The lowest BCUT2D eigenvalue weighted by atomic mass is 10.2. The van der Waals surface area contributed by atoms with Gasteiger partial charge in [-0.2, -0.15) is 0 Å². The van der Waals surface area contributed by atoms with Gasteiger partial charge in [-0.1, -0.05) is 38.2 Å². The second-order valence-electron chi connectivity index (χ2n) is 3.55. The van der Waals surface area contributed by atoms with E-state index >= 15 is 0 Å². The van der Waals surface area contributed by atoms with E-state index in [4.69, 9.17) is 5.73 Å². The number of nitrogens with one attached hydrogen (secondary N) is 1. The summed E-state index contributed by atoms with van der Waals surface area (Å²) in [4.78, 5) is 0. The number of nitrogens with two attached hydrogens (primary N) is 1. The second kappa shape index (κ2) is 10.5. The van der Waals surface area contributed by atoms with Crippen molar-refractivity contribution in [3.63, 3.8) is 0 Å². The maximum Gasteiger partial charge on any atom is 0.0332 e. The highest BCUT2D eigenvalue weighted by Crippen LogP contribution is 2.11. The summed E-state index contributed by atoms with van der Waals surface area (Å²) in [7, 11) is 0. The third-order valence-corrected chi connectivity index (χ3v) is 2.31. The van der Waals surface area contributed by atoms with Crippen molar-refractivity contribution in [2.45, 2.75) is 40.0 Å². The number of rotatable bonds is 5. The Hall–Kier alpha value is -1.02. The van der Waals surface area contributed by atoms with E-state index in [0.717, 1.165) is 32.4 Å². The van der Waals surface area contributed by atoms with E-state index in [-0.39, 0.29) is 0 Å². The molecule has 3 N–H and O–H groups in total. The zero-order chi connectivity index (χ0) is 12.2. The summed E-state index contributed by atoms with van der Waals surface area (Å²) >= 11 is 0. The molecular formula is C14H26N2. The van der Waals surface area contributed by atoms with Crippen LogP contribution in [0.3, 0.4) is 0 Å². The van der Waals surface area contributed by atoms with Crippen LogP contribution in [0.1, 0.15) is 40.0 Å². The van der Waals surface area contributed by atoms with Crippen molar-refractivity contribution < 1.29 is 0 Å². The Balaban J connectivity index is 0.00000106. The van der Waals surface area contributed by atoms with Crippen LogP contribution < -0.4 is 11.1 Å². The normalized spacial score (nSPS) is 14.2. The number of unbranched alkanes of at least 4 members (excludes halogenated alkanes) is 1. The monoisotopic (exact) mass is 222 g/mol. The number of hydrogen-bond donors (Lipinski definition) is 2. The van der Waals surface area contributed by atoms with E-state index in [9.17, 15) is 0 Å². The Kier molecular flexibility index (Phi) is 9.83. The summed E-state index contributed by atoms with van der Waals surface area (Å²) in [6.07, 6.45) is 11.9. The van der Waals surface area contributed by atoms with E-state index in [0.29, 0.717) is 0 Å². The Bertz CT molecular complexity index is 249. The Morgan fingerprint density at radius 1 is 1.31 bits per heavy atom. The predicted octanol–water partition coefficient (Wildman–Crippen LogP) is 3.13. The first kappa shape index (κ1) is 15.0. The molecule has 1 aliphatic carbocycles. The van der Waals surface area contributed by atoms with Crippen LogP contribution in [0.25, 0.3) is 0 Å². The van der Waals surface area contributed by atoms with E-state index in [2.05, 4.69) is 36.5 Å². The molecule has 0 saturated carbocycles. The minimum atomic E-state index is 0.789. The maximum atomic E-state index is 5.44. The van der Waals surface area contributed by atoms with Crippen molar-refractivity contribution in [2.75, 3.05) is 13.1 Å². The molecule has 0 aromatic carbocycles. The van der Waals surface area contributed by atoms with Crippen LogP contribution in [0.5, 0.6) is 0 Å². The molecule has 1 aliphatic rings. The van der Waals surface area contributed by atoms with Crippen molar-refractivity contribution in [1.29, 1.82) is 0 Å². The second-order valence-corrected chi connectivity index (χ2v) is 3.55. The van der Waals surface area contributed by atoms with Crippen molar-refractivity contribution in [1.82, 2.24) is 5.32 Å². The Morgan fingerprint density at radius 2 is 2.06 bits per heavy atom. The maximum absolute atomic E-state index is 5.44. The first-order valence-corrected chi connectivity index (χ1v) is 6.32. The topological polar surface area (TPSA) is 38.0 Å². The van der Waals surface area contributed by atoms with E-state index in [1.807, 2.05) is 13.8 Å². The molecular weight excluding hydrogens is 196 g/mol. The zero-order valence-electron chi connectivity index (χ0n) is 10.9. The minimum Gasteiger partial charge on any atom is -0.385 e.